The van der Waals surface area contributed by atoms with Crippen LogP contribution >= 0.6 is 0 Å². The number of hydrogen-bond acceptors (Lipinski definition) is 1. The van der Waals surface area contributed by atoms with Crippen LogP contribution in [0, 0.1) is 17.3 Å². The van der Waals surface area contributed by atoms with Crippen molar-refractivity contribution in [1.82, 2.24) is 5.32 Å². The van der Waals surface area contributed by atoms with E-state index in [1.54, 1.807) is 6.08 Å². The Bertz CT molecular complexity index is 369. The molecule has 2 fully saturated rings. The molecule has 2 aliphatic carbocycles. The molecule has 4 heteroatoms. The largest absolute Gasteiger partial charge is 0.416 e. The van der Waals surface area contributed by atoms with Gasteiger partial charge >= 0.3 is 6.18 Å². The number of alkyl halides is 3. The first-order valence-electron chi connectivity index (χ1n) is 5.69. The molecule has 3 aliphatic rings. The fraction of sp³-hybridized carbons (Fsp3) is 0.667. The van der Waals surface area contributed by atoms with Crippen molar-refractivity contribution in [2.75, 3.05) is 13.1 Å². The number of fused-ring (bicyclic) bond motifs is 1. The Morgan fingerprint density at radius 3 is 2.62 bits per heavy atom. The molecule has 1 saturated carbocycles. The monoisotopic (exact) mass is 229 g/mol. The molecule has 16 heavy (non-hydrogen) atoms. The minimum atomic E-state index is -4.18. The van der Waals surface area contributed by atoms with Crippen molar-refractivity contribution in [3.8, 4) is 0 Å². The molecule has 1 aliphatic heterocycles. The molecule has 1 saturated heterocycles. The summed E-state index contributed by atoms with van der Waals surface area (Å²) in [6.07, 6.45) is 1.93. The second-order valence-corrected chi connectivity index (χ2v) is 5.12. The molecule has 0 unspecified atom stereocenters. The summed E-state index contributed by atoms with van der Waals surface area (Å²) >= 11 is 0. The minimum Gasteiger partial charge on any atom is -0.316 e. The second-order valence-electron chi connectivity index (χ2n) is 5.12. The van der Waals surface area contributed by atoms with Crippen LogP contribution < -0.4 is 5.32 Å². The maximum absolute atomic E-state index is 12.4. The first-order valence-corrected chi connectivity index (χ1v) is 5.69. The fourth-order valence-corrected chi connectivity index (χ4v) is 3.21. The van der Waals surface area contributed by atoms with Crippen molar-refractivity contribution in [3.63, 3.8) is 0 Å². The molecule has 3 atom stereocenters. The van der Waals surface area contributed by atoms with Crippen LogP contribution in [0.15, 0.2) is 23.8 Å². The van der Waals surface area contributed by atoms with Gasteiger partial charge in [0.2, 0.25) is 0 Å². The van der Waals surface area contributed by atoms with E-state index in [0.717, 1.165) is 13.1 Å². The number of halogens is 3. The molecule has 0 radical (unpaired) electrons. The number of allylic oxidation sites excluding steroid dienone is 4. The SMILES string of the molecule is FC(F)(F)C1=CC[C@H]([C@@]23CNC[C@@H]2C3)C=C1. The third-order valence-electron chi connectivity index (χ3n) is 4.29. The van der Waals surface area contributed by atoms with E-state index in [-0.39, 0.29) is 5.41 Å². The van der Waals surface area contributed by atoms with Gasteiger partial charge in [0.05, 0.1) is 5.57 Å². The highest BCUT2D eigenvalue weighted by Gasteiger charge is 2.60. The van der Waals surface area contributed by atoms with Crippen LogP contribution in [0.25, 0.3) is 0 Å². The van der Waals surface area contributed by atoms with Crippen molar-refractivity contribution >= 4 is 0 Å². The topological polar surface area (TPSA) is 12.0 Å². The van der Waals surface area contributed by atoms with Gasteiger partial charge in [-0.3, -0.25) is 0 Å². The maximum atomic E-state index is 12.4. The van der Waals surface area contributed by atoms with Crippen LogP contribution in [0.1, 0.15) is 12.8 Å². The van der Waals surface area contributed by atoms with Gasteiger partial charge in [-0.2, -0.15) is 13.2 Å². The van der Waals surface area contributed by atoms with Gasteiger partial charge in [0.25, 0.3) is 0 Å². The lowest BCUT2D eigenvalue weighted by molar-refractivity contribution is -0.0888. The molecule has 3 rings (SSSR count). The molecular weight excluding hydrogens is 215 g/mol. The van der Waals surface area contributed by atoms with Crippen LogP contribution in [0.4, 0.5) is 13.2 Å². The third-order valence-corrected chi connectivity index (χ3v) is 4.29. The summed E-state index contributed by atoms with van der Waals surface area (Å²) in [5, 5.41) is 3.32. The molecule has 1 nitrogen and oxygen atoms in total. The summed E-state index contributed by atoms with van der Waals surface area (Å²) in [6, 6.07) is 0. The van der Waals surface area contributed by atoms with Crippen LogP contribution in [-0.2, 0) is 0 Å². The molecule has 0 aromatic heterocycles. The lowest BCUT2D eigenvalue weighted by Crippen LogP contribution is -2.24. The van der Waals surface area contributed by atoms with Crippen LogP contribution in [0.5, 0.6) is 0 Å². The minimum absolute atomic E-state index is 0.282. The predicted octanol–water partition coefficient (Wildman–Crippen LogP) is 2.66. The standard InChI is InChI=1S/C12H14F3N/c13-12(14,15)9-3-1-8(2-4-9)11-5-10(11)6-16-7-11/h1,3-4,8,10,16H,2,5-7H2/t8-,10+,11-/m1/s1. The normalized spacial score (nSPS) is 41.8. The van der Waals surface area contributed by atoms with Crippen molar-refractivity contribution < 1.29 is 13.2 Å². The summed E-state index contributed by atoms with van der Waals surface area (Å²) in [6.45, 7) is 2.02. The van der Waals surface area contributed by atoms with Gasteiger partial charge in [-0.1, -0.05) is 18.2 Å². The zero-order chi connectivity index (χ0) is 11.4. The van der Waals surface area contributed by atoms with E-state index < -0.39 is 11.7 Å². The molecule has 1 N–H and O–H groups in total. The Kier molecular flexibility index (Phi) is 2.03. The van der Waals surface area contributed by atoms with Crippen LogP contribution in [-0.4, -0.2) is 19.3 Å². The van der Waals surface area contributed by atoms with Crippen molar-refractivity contribution in [2.24, 2.45) is 17.3 Å². The molecule has 0 aromatic carbocycles. The van der Waals surface area contributed by atoms with Crippen molar-refractivity contribution in [2.45, 2.75) is 19.0 Å². The zero-order valence-corrected chi connectivity index (χ0v) is 8.85. The van der Waals surface area contributed by atoms with Crippen molar-refractivity contribution in [1.29, 1.82) is 0 Å². The molecule has 0 bridgehead atoms. The molecule has 0 aromatic rings. The Labute approximate surface area is 92.4 Å². The van der Waals surface area contributed by atoms with Gasteiger partial charge in [-0.25, -0.2) is 0 Å². The zero-order valence-electron chi connectivity index (χ0n) is 8.85. The van der Waals surface area contributed by atoms with Gasteiger partial charge in [0.1, 0.15) is 0 Å². The Balaban J connectivity index is 1.72. The molecule has 0 spiro atoms. The van der Waals surface area contributed by atoms with E-state index in [2.05, 4.69) is 5.32 Å². The summed E-state index contributed by atoms with van der Waals surface area (Å²) in [4.78, 5) is 0. The summed E-state index contributed by atoms with van der Waals surface area (Å²) in [7, 11) is 0. The average Bonchev–Trinajstić information content (AvgIpc) is 2.81. The molecular formula is C12H14F3N. The van der Waals surface area contributed by atoms with Crippen LogP contribution in [0.2, 0.25) is 0 Å². The number of hydrogen-bond donors (Lipinski definition) is 1. The first kappa shape index (κ1) is 10.4. The van der Waals surface area contributed by atoms with Gasteiger partial charge in [0.15, 0.2) is 0 Å². The Morgan fingerprint density at radius 2 is 2.19 bits per heavy atom. The first-order chi connectivity index (χ1) is 7.52. The Morgan fingerprint density at radius 1 is 1.38 bits per heavy atom. The van der Waals surface area contributed by atoms with Gasteiger partial charge in [-0.05, 0) is 36.6 Å². The molecule has 1 heterocycles. The van der Waals surface area contributed by atoms with E-state index >= 15 is 0 Å². The smallest absolute Gasteiger partial charge is 0.316 e. The Hall–Kier alpha value is -0.770. The van der Waals surface area contributed by atoms with Gasteiger partial charge in [0, 0.05) is 6.54 Å². The van der Waals surface area contributed by atoms with Gasteiger partial charge in [-0.15, -0.1) is 0 Å². The van der Waals surface area contributed by atoms with E-state index in [1.807, 2.05) is 0 Å². The summed E-state index contributed by atoms with van der Waals surface area (Å²) in [5.74, 6) is 1.00. The number of rotatable bonds is 1. The van der Waals surface area contributed by atoms with E-state index in [1.165, 1.54) is 18.6 Å². The van der Waals surface area contributed by atoms with Crippen molar-refractivity contribution in [3.05, 3.63) is 23.8 Å². The highest BCUT2D eigenvalue weighted by atomic mass is 19.4. The highest BCUT2D eigenvalue weighted by molar-refractivity contribution is 5.31. The summed E-state index contributed by atoms with van der Waals surface area (Å²) < 4.78 is 37.3. The van der Waals surface area contributed by atoms with Gasteiger partial charge < -0.3 is 5.32 Å². The lowest BCUT2D eigenvalue weighted by Gasteiger charge is -2.24. The highest BCUT2D eigenvalue weighted by Crippen LogP contribution is 2.61. The van der Waals surface area contributed by atoms with Crippen LogP contribution in [0.3, 0.4) is 0 Å². The third kappa shape index (κ3) is 1.43. The number of nitrogens with one attached hydrogen (secondary N) is 1. The number of piperidine rings is 1. The average molecular weight is 229 g/mol. The lowest BCUT2D eigenvalue weighted by atomic mass is 9.82. The maximum Gasteiger partial charge on any atom is 0.416 e. The van der Waals surface area contributed by atoms with E-state index in [9.17, 15) is 13.2 Å². The summed E-state index contributed by atoms with van der Waals surface area (Å²) in [5.41, 5.74) is -0.201. The second kappa shape index (κ2) is 3.13. The predicted molar refractivity (Wildman–Crippen MR) is 54.8 cm³/mol. The van der Waals surface area contributed by atoms with E-state index in [4.69, 9.17) is 0 Å². The molecule has 88 valence electrons. The molecule has 0 amide bonds. The fourth-order valence-electron chi connectivity index (χ4n) is 3.21. The van der Waals surface area contributed by atoms with E-state index in [0.29, 0.717) is 18.3 Å². The quantitative estimate of drug-likeness (QED) is 0.729.